The van der Waals surface area contributed by atoms with Gasteiger partial charge >= 0.3 is 6.18 Å². The van der Waals surface area contributed by atoms with Gasteiger partial charge in [0.1, 0.15) is 6.04 Å². The van der Waals surface area contributed by atoms with Crippen molar-refractivity contribution in [1.82, 2.24) is 4.90 Å². The molecule has 1 fully saturated rings. The van der Waals surface area contributed by atoms with Crippen molar-refractivity contribution in [2.45, 2.75) is 38.5 Å². The first-order chi connectivity index (χ1) is 6.46. The van der Waals surface area contributed by atoms with Gasteiger partial charge in [-0.15, -0.1) is 0 Å². The third kappa shape index (κ3) is 2.60. The number of ether oxygens (including phenoxy) is 1. The molecule has 0 N–H and O–H groups in total. The van der Waals surface area contributed by atoms with Crippen LogP contribution in [0, 0.1) is 0 Å². The lowest BCUT2D eigenvalue weighted by atomic mass is 10.1. The molecule has 0 spiro atoms. The molecule has 0 radical (unpaired) electrons. The van der Waals surface area contributed by atoms with Gasteiger partial charge in [0.15, 0.2) is 0 Å². The maximum atomic E-state index is 12.6. The second-order valence-electron chi connectivity index (χ2n) is 3.63. The number of halogens is 3. The standard InChI is InChI=1S/C9H16F3NO/c1-3-7(2)13-4-5-14-6-8(13)9(10,11)12/h7-8H,3-6H2,1-2H3/t7?,8-/m0/s1. The highest BCUT2D eigenvalue weighted by Crippen LogP contribution is 2.28. The summed E-state index contributed by atoms with van der Waals surface area (Å²) in [5.41, 5.74) is 0. The largest absolute Gasteiger partial charge is 0.406 e. The van der Waals surface area contributed by atoms with Crippen molar-refractivity contribution in [1.29, 1.82) is 0 Å². The fourth-order valence-corrected chi connectivity index (χ4v) is 1.66. The number of hydrogen-bond donors (Lipinski definition) is 0. The van der Waals surface area contributed by atoms with Crippen LogP contribution in [0.5, 0.6) is 0 Å². The Balaban J connectivity index is 2.69. The van der Waals surface area contributed by atoms with Gasteiger partial charge in [-0.1, -0.05) is 6.92 Å². The Morgan fingerprint density at radius 2 is 2.14 bits per heavy atom. The molecule has 0 amide bonds. The minimum absolute atomic E-state index is 0.0366. The normalized spacial score (nSPS) is 27.6. The lowest BCUT2D eigenvalue weighted by Crippen LogP contribution is -2.56. The summed E-state index contributed by atoms with van der Waals surface area (Å²) in [5.74, 6) is 0. The van der Waals surface area contributed by atoms with E-state index in [1.54, 1.807) is 0 Å². The van der Waals surface area contributed by atoms with Crippen LogP contribution < -0.4 is 0 Å². The summed E-state index contributed by atoms with van der Waals surface area (Å²) in [6.45, 7) is 4.27. The van der Waals surface area contributed by atoms with Crippen LogP contribution in [0.3, 0.4) is 0 Å². The van der Waals surface area contributed by atoms with Crippen LogP contribution in [0.15, 0.2) is 0 Å². The Morgan fingerprint density at radius 1 is 1.50 bits per heavy atom. The molecule has 0 aromatic rings. The molecule has 2 atom stereocenters. The molecule has 1 rings (SSSR count). The van der Waals surface area contributed by atoms with Gasteiger partial charge in [-0.25, -0.2) is 0 Å². The van der Waals surface area contributed by atoms with Crippen molar-refractivity contribution in [2.75, 3.05) is 19.8 Å². The molecule has 0 aromatic carbocycles. The molecule has 0 saturated carbocycles. The topological polar surface area (TPSA) is 12.5 Å². The number of morpholine rings is 1. The molecule has 84 valence electrons. The molecule has 0 aromatic heterocycles. The molecule has 1 unspecified atom stereocenters. The lowest BCUT2D eigenvalue weighted by molar-refractivity contribution is -0.217. The Hall–Kier alpha value is -0.290. The highest BCUT2D eigenvalue weighted by atomic mass is 19.4. The minimum atomic E-state index is -4.18. The van der Waals surface area contributed by atoms with E-state index in [0.29, 0.717) is 13.2 Å². The third-order valence-corrected chi connectivity index (χ3v) is 2.70. The zero-order valence-electron chi connectivity index (χ0n) is 8.47. The smallest absolute Gasteiger partial charge is 0.378 e. The molecule has 0 aliphatic carbocycles. The Bertz CT molecular complexity index is 183. The van der Waals surface area contributed by atoms with E-state index >= 15 is 0 Å². The van der Waals surface area contributed by atoms with Crippen LogP contribution in [-0.2, 0) is 4.74 Å². The summed E-state index contributed by atoms with van der Waals surface area (Å²) < 4.78 is 42.6. The average molecular weight is 211 g/mol. The Morgan fingerprint density at radius 3 is 2.64 bits per heavy atom. The van der Waals surface area contributed by atoms with Crippen LogP contribution in [0.2, 0.25) is 0 Å². The second-order valence-corrected chi connectivity index (χ2v) is 3.63. The van der Waals surface area contributed by atoms with Gasteiger partial charge in [0.2, 0.25) is 0 Å². The summed E-state index contributed by atoms with van der Waals surface area (Å²) in [6, 6.07) is -1.46. The van der Waals surface area contributed by atoms with E-state index in [0.717, 1.165) is 6.42 Å². The summed E-state index contributed by atoms with van der Waals surface area (Å²) in [6.07, 6.45) is -3.45. The maximum absolute atomic E-state index is 12.6. The van der Waals surface area contributed by atoms with Gasteiger partial charge in [-0.3, -0.25) is 4.90 Å². The van der Waals surface area contributed by atoms with Crippen molar-refractivity contribution in [3.63, 3.8) is 0 Å². The maximum Gasteiger partial charge on any atom is 0.406 e. The first kappa shape index (κ1) is 11.8. The van der Waals surface area contributed by atoms with Crippen LogP contribution in [0.25, 0.3) is 0 Å². The van der Waals surface area contributed by atoms with Crippen molar-refractivity contribution in [2.24, 2.45) is 0 Å². The van der Waals surface area contributed by atoms with E-state index in [4.69, 9.17) is 4.74 Å². The van der Waals surface area contributed by atoms with Crippen LogP contribution >= 0.6 is 0 Å². The van der Waals surface area contributed by atoms with Crippen molar-refractivity contribution < 1.29 is 17.9 Å². The summed E-state index contributed by atoms with van der Waals surface area (Å²) in [4.78, 5) is 1.49. The Labute approximate surface area is 82.0 Å². The van der Waals surface area contributed by atoms with Gasteiger partial charge in [-0.2, -0.15) is 13.2 Å². The first-order valence-corrected chi connectivity index (χ1v) is 4.87. The molecule has 1 saturated heterocycles. The number of nitrogens with zero attached hydrogens (tertiary/aromatic N) is 1. The number of alkyl halides is 3. The summed E-state index contributed by atoms with van der Waals surface area (Å²) in [7, 11) is 0. The fraction of sp³-hybridized carbons (Fsp3) is 1.00. The van der Waals surface area contributed by atoms with Crippen LogP contribution in [-0.4, -0.2) is 42.9 Å². The third-order valence-electron chi connectivity index (χ3n) is 2.70. The highest BCUT2D eigenvalue weighted by molar-refractivity contribution is 4.84. The predicted molar refractivity (Wildman–Crippen MR) is 47.1 cm³/mol. The first-order valence-electron chi connectivity index (χ1n) is 4.87. The average Bonchev–Trinajstić information content (AvgIpc) is 2.15. The second kappa shape index (κ2) is 4.49. The SMILES string of the molecule is CCC(C)N1CCOC[C@H]1C(F)(F)F. The minimum Gasteiger partial charge on any atom is -0.378 e. The molecule has 2 nitrogen and oxygen atoms in total. The van der Waals surface area contributed by atoms with Crippen molar-refractivity contribution >= 4 is 0 Å². The predicted octanol–water partition coefficient (Wildman–Crippen LogP) is 2.05. The van der Waals surface area contributed by atoms with Crippen molar-refractivity contribution in [3.8, 4) is 0 Å². The molecule has 1 heterocycles. The number of rotatable bonds is 2. The molecular weight excluding hydrogens is 195 g/mol. The molecule has 1 aliphatic rings. The van der Waals surface area contributed by atoms with Gasteiger partial charge < -0.3 is 4.74 Å². The number of hydrogen-bond acceptors (Lipinski definition) is 2. The molecule has 14 heavy (non-hydrogen) atoms. The van der Waals surface area contributed by atoms with E-state index in [9.17, 15) is 13.2 Å². The molecule has 1 aliphatic heterocycles. The van der Waals surface area contributed by atoms with E-state index in [2.05, 4.69) is 0 Å². The lowest BCUT2D eigenvalue weighted by Gasteiger charge is -2.40. The van der Waals surface area contributed by atoms with Crippen LogP contribution in [0.4, 0.5) is 13.2 Å². The summed E-state index contributed by atoms with van der Waals surface area (Å²) >= 11 is 0. The quantitative estimate of drug-likeness (QED) is 0.693. The van der Waals surface area contributed by atoms with E-state index in [1.165, 1.54) is 4.90 Å². The molecule has 5 heteroatoms. The van der Waals surface area contributed by atoms with Gasteiger partial charge in [0.05, 0.1) is 13.2 Å². The van der Waals surface area contributed by atoms with E-state index in [-0.39, 0.29) is 12.6 Å². The molecular formula is C9H16F3NO. The zero-order valence-corrected chi connectivity index (χ0v) is 8.47. The summed E-state index contributed by atoms with van der Waals surface area (Å²) in [5, 5.41) is 0. The molecule has 0 bridgehead atoms. The fourth-order valence-electron chi connectivity index (χ4n) is 1.66. The van der Waals surface area contributed by atoms with Gasteiger partial charge in [0, 0.05) is 12.6 Å². The van der Waals surface area contributed by atoms with Gasteiger partial charge in [-0.05, 0) is 13.3 Å². The Kier molecular flexibility index (Phi) is 3.78. The highest BCUT2D eigenvalue weighted by Gasteiger charge is 2.46. The van der Waals surface area contributed by atoms with Crippen LogP contribution in [0.1, 0.15) is 20.3 Å². The van der Waals surface area contributed by atoms with Gasteiger partial charge in [0.25, 0.3) is 0 Å². The monoisotopic (exact) mass is 211 g/mol. The van der Waals surface area contributed by atoms with Crippen molar-refractivity contribution in [3.05, 3.63) is 0 Å². The zero-order chi connectivity index (χ0) is 10.8. The van der Waals surface area contributed by atoms with E-state index < -0.39 is 12.2 Å². The van der Waals surface area contributed by atoms with E-state index in [1.807, 2.05) is 13.8 Å².